The van der Waals surface area contributed by atoms with E-state index in [2.05, 4.69) is 0 Å². The normalized spacial score (nSPS) is 26.4. The molecule has 1 fully saturated rings. The van der Waals surface area contributed by atoms with Gasteiger partial charge in [-0.1, -0.05) is 0 Å². The van der Waals surface area contributed by atoms with Gasteiger partial charge in [-0.15, -0.1) is 0 Å². The lowest BCUT2D eigenvalue weighted by molar-refractivity contribution is -0.358. The van der Waals surface area contributed by atoms with Crippen molar-refractivity contribution in [2.45, 2.75) is 49.8 Å². The minimum atomic E-state index is -2.15. The van der Waals surface area contributed by atoms with Crippen molar-refractivity contribution in [2.75, 3.05) is 0 Å². The van der Waals surface area contributed by atoms with Gasteiger partial charge in [-0.05, 0) is 31.2 Å². The van der Waals surface area contributed by atoms with Gasteiger partial charge in [0.1, 0.15) is 35.0 Å². The van der Waals surface area contributed by atoms with Crippen LogP contribution >= 0.6 is 0 Å². The number of phenolic OH excluding ortho intramolecular Hbond substituents is 8. The van der Waals surface area contributed by atoms with Gasteiger partial charge in [-0.3, -0.25) is 4.79 Å². The van der Waals surface area contributed by atoms with Gasteiger partial charge in [-0.25, -0.2) is 4.79 Å². The zero-order valence-electron chi connectivity index (χ0n) is 22.5. The van der Waals surface area contributed by atoms with Crippen LogP contribution in [0.3, 0.4) is 0 Å². The van der Waals surface area contributed by atoms with E-state index in [1.54, 1.807) is 0 Å². The lowest BCUT2D eigenvalue weighted by Gasteiger charge is -2.43. The van der Waals surface area contributed by atoms with Crippen LogP contribution in [0.15, 0.2) is 36.4 Å². The maximum atomic E-state index is 13.7. The van der Waals surface area contributed by atoms with Crippen molar-refractivity contribution in [1.29, 1.82) is 0 Å². The number of hydrogen-bond acceptors (Lipinski definition) is 16. The lowest BCUT2D eigenvalue weighted by Crippen LogP contribution is -2.57. The smallest absolute Gasteiger partial charge is 0.338 e. The molecule has 10 N–H and O–H groups in total. The van der Waals surface area contributed by atoms with Gasteiger partial charge >= 0.3 is 5.97 Å². The molecule has 0 aliphatic carbocycles. The molecule has 0 spiro atoms. The first kappa shape index (κ1) is 30.3. The van der Waals surface area contributed by atoms with Crippen molar-refractivity contribution >= 4 is 11.8 Å². The Balaban J connectivity index is 1.49. The minimum absolute atomic E-state index is 0.156. The first-order valence-electron chi connectivity index (χ1n) is 12.8. The number of phenols is 8. The van der Waals surface area contributed by atoms with Crippen LogP contribution in [-0.2, 0) is 14.2 Å². The second-order valence-corrected chi connectivity index (χ2v) is 10.4. The molecule has 3 unspecified atom stereocenters. The van der Waals surface area contributed by atoms with Crippen molar-refractivity contribution in [1.82, 2.24) is 0 Å². The van der Waals surface area contributed by atoms with Crippen LogP contribution in [0.2, 0.25) is 0 Å². The third-order valence-electron chi connectivity index (χ3n) is 6.97. The summed E-state index contributed by atoms with van der Waals surface area (Å²) >= 11 is 0. The molecule has 0 bridgehead atoms. The molecule has 16 heteroatoms. The molecule has 0 saturated carbocycles. The molecule has 6 atom stereocenters. The van der Waals surface area contributed by atoms with Gasteiger partial charge in [0.2, 0.25) is 5.78 Å². The van der Waals surface area contributed by atoms with Crippen molar-refractivity contribution in [3.8, 4) is 51.7 Å². The van der Waals surface area contributed by atoms with E-state index in [1.807, 2.05) is 0 Å². The summed E-state index contributed by atoms with van der Waals surface area (Å²) in [5.74, 6) is -11.0. The third-order valence-corrected chi connectivity index (χ3v) is 6.97. The molecule has 5 rings (SSSR count). The highest BCUT2D eigenvalue weighted by Gasteiger charge is 2.50. The number of benzene rings is 3. The molecule has 44 heavy (non-hydrogen) atoms. The average molecular weight is 619 g/mol. The SMILES string of the molecule is C[C@@]1(O)C[C@@H](OC(=O)c2cc(O)c(O)c(O)c2)[C@@H](O)C(OC2C(=O)c3c(O)cc(O)cc3OC2c2cc(O)c(O)c(O)c2)O1. The Morgan fingerprint density at radius 1 is 0.864 bits per heavy atom. The van der Waals surface area contributed by atoms with E-state index in [9.17, 15) is 60.7 Å². The molecule has 2 aliphatic rings. The number of ketones is 1. The molecule has 0 radical (unpaired) electrons. The Morgan fingerprint density at radius 2 is 1.43 bits per heavy atom. The average Bonchev–Trinajstić information content (AvgIpc) is 2.92. The van der Waals surface area contributed by atoms with E-state index in [4.69, 9.17) is 18.9 Å². The largest absolute Gasteiger partial charge is 0.508 e. The summed E-state index contributed by atoms with van der Waals surface area (Å²) in [6.07, 6.45) is -9.44. The number of aliphatic hydroxyl groups is 2. The number of aromatic hydroxyl groups is 8. The Labute approximate surface area is 246 Å². The molecule has 0 amide bonds. The highest BCUT2D eigenvalue weighted by molar-refractivity contribution is 6.05. The van der Waals surface area contributed by atoms with Gasteiger partial charge in [0.05, 0.1) is 5.56 Å². The predicted octanol–water partition coefficient (Wildman–Crippen LogP) is 1.07. The molecular weight excluding hydrogens is 592 g/mol. The van der Waals surface area contributed by atoms with Crippen molar-refractivity contribution in [2.24, 2.45) is 0 Å². The van der Waals surface area contributed by atoms with Gasteiger partial charge in [0.15, 0.2) is 58.8 Å². The topological polar surface area (TPSA) is 273 Å². The van der Waals surface area contributed by atoms with Crippen LogP contribution in [-0.4, -0.2) is 93.2 Å². The van der Waals surface area contributed by atoms with E-state index < -0.39 is 112 Å². The Hall–Kier alpha value is -5.16. The molecule has 3 aromatic rings. The van der Waals surface area contributed by atoms with E-state index >= 15 is 0 Å². The fourth-order valence-electron chi connectivity index (χ4n) is 4.90. The van der Waals surface area contributed by atoms with Crippen molar-refractivity contribution in [3.05, 3.63) is 53.1 Å². The number of fused-ring (bicyclic) bond motifs is 1. The monoisotopic (exact) mass is 618 g/mol. The molecule has 1 saturated heterocycles. The summed E-state index contributed by atoms with van der Waals surface area (Å²) in [5, 5.41) is 101. The summed E-state index contributed by atoms with van der Waals surface area (Å²) in [6, 6.07) is 5.27. The number of aliphatic hydroxyl groups excluding tert-OH is 1. The minimum Gasteiger partial charge on any atom is -0.508 e. The maximum absolute atomic E-state index is 13.7. The zero-order valence-corrected chi connectivity index (χ0v) is 22.5. The fourth-order valence-corrected chi connectivity index (χ4v) is 4.90. The van der Waals surface area contributed by atoms with E-state index in [-0.39, 0.29) is 11.3 Å². The lowest BCUT2D eigenvalue weighted by atomic mass is 9.92. The fraction of sp³-hybridized carbons (Fsp3) is 0.286. The van der Waals surface area contributed by atoms with Crippen LogP contribution in [0.5, 0.6) is 51.7 Å². The standard InChI is InChI=1S/C28H26O16/c1-28(40)8-18(42-26(39)10-4-15(33)21(36)16(34)5-10)22(37)27(44-28)43-25-23(38)19-12(30)6-11(29)7-17(19)41-24(25)9-2-13(31)20(35)14(32)3-9/h2-7,18,22,24-25,27,29-37,40H,8H2,1H3/t18-,22-,24?,25?,27?,28+/m1/s1. The second-order valence-electron chi connectivity index (χ2n) is 10.4. The molecule has 234 valence electrons. The number of ether oxygens (including phenoxy) is 4. The molecule has 2 heterocycles. The van der Waals surface area contributed by atoms with Crippen LogP contribution in [0, 0.1) is 0 Å². The predicted molar refractivity (Wildman–Crippen MR) is 141 cm³/mol. The molecule has 3 aromatic carbocycles. The molecule has 16 nitrogen and oxygen atoms in total. The third kappa shape index (κ3) is 5.49. The molecule has 2 aliphatic heterocycles. The molecular formula is C28H26O16. The van der Waals surface area contributed by atoms with Crippen LogP contribution in [0.25, 0.3) is 0 Å². The van der Waals surface area contributed by atoms with Gasteiger partial charge < -0.3 is 70.0 Å². The van der Waals surface area contributed by atoms with Crippen LogP contribution < -0.4 is 4.74 Å². The summed E-state index contributed by atoms with van der Waals surface area (Å²) in [7, 11) is 0. The zero-order chi connectivity index (χ0) is 32.2. The number of hydrogen-bond donors (Lipinski definition) is 10. The van der Waals surface area contributed by atoms with Crippen molar-refractivity contribution < 1.29 is 79.6 Å². The number of Topliss-reactive ketones (excluding diaryl/α,β-unsaturated/α-hetero) is 1. The van der Waals surface area contributed by atoms with E-state index in [0.717, 1.165) is 43.3 Å². The quantitative estimate of drug-likeness (QED) is 0.141. The summed E-state index contributed by atoms with van der Waals surface area (Å²) in [5.41, 5.74) is -1.05. The number of carbonyl (C=O) groups excluding carboxylic acids is 2. The highest BCUT2D eigenvalue weighted by Crippen LogP contribution is 2.46. The Kier molecular flexibility index (Phi) is 7.46. The second kappa shape index (κ2) is 10.8. The van der Waals surface area contributed by atoms with E-state index in [1.165, 1.54) is 0 Å². The summed E-state index contributed by atoms with van der Waals surface area (Å²) in [6.45, 7) is 1.13. The maximum Gasteiger partial charge on any atom is 0.338 e. The Bertz CT molecular complexity index is 1600. The summed E-state index contributed by atoms with van der Waals surface area (Å²) in [4.78, 5) is 26.4. The first-order chi connectivity index (χ1) is 20.6. The molecule has 0 aromatic heterocycles. The first-order valence-corrected chi connectivity index (χ1v) is 12.8. The van der Waals surface area contributed by atoms with Gasteiger partial charge in [-0.2, -0.15) is 0 Å². The van der Waals surface area contributed by atoms with E-state index in [0.29, 0.717) is 0 Å². The summed E-state index contributed by atoms with van der Waals surface area (Å²) < 4.78 is 22.3. The van der Waals surface area contributed by atoms with Crippen LogP contribution in [0.4, 0.5) is 0 Å². The van der Waals surface area contributed by atoms with Gasteiger partial charge in [0, 0.05) is 24.1 Å². The highest BCUT2D eigenvalue weighted by atomic mass is 16.8. The number of esters is 1. The number of rotatable bonds is 5. The Morgan fingerprint density at radius 3 is 2.02 bits per heavy atom. The van der Waals surface area contributed by atoms with Gasteiger partial charge in [0.25, 0.3) is 0 Å². The number of carbonyl (C=O) groups is 2. The van der Waals surface area contributed by atoms with Crippen LogP contribution in [0.1, 0.15) is 45.7 Å². The van der Waals surface area contributed by atoms with Crippen molar-refractivity contribution in [3.63, 3.8) is 0 Å².